The summed E-state index contributed by atoms with van der Waals surface area (Å²) in [4.78, 5) is 33.1. The Labute approximate surface area is 126 Å². The van der Waals surface area contributed by atoms with Crippen LogP contribution in [0.2, 0.25) is 0 Å². The summed E-state index contributed by atoms with van der Waals surface area (Å²) in [6, 6.07) is 1.85. The molecule has 1 fully saturated rings. The molecule has 2 amide bonds. The Morgan fingerprint density at radius 1 is 1.29 bits per heavy atom. The topological polar surface area (TPSA) is 124 Å². The normalized spacial score (nSPS) is 15.2. The minimum absolute atomic E-state index is 0.305. The molecule has 21 heavy (non-hydrogen) atoms. The van der Waals surface area contributed by atoms with Gasteiger partial charge in [0.05, 0.1) is 13.2 Å². The first-order valence-electron chi connectivity index (χ1n) is 6.41. The fourth-order valence-corrected chi connectivity index (χ4v) is 2.68. The van der Waals surface area contributed by atoms with Crippen LogP contribution in [0.5, 0.6) is 0 Å². The van der Waals surface area contributed by atoms with E-state index in [9.17, 15) is 9.59 Å². The van der Waals surface area contributed by atoms with Crippen molar-refractivity contribution < 1.29 is 14.3 Å². The van der Waals surface area contributed by atoms with E-state index in [4.69, 9.17) is 16.2 Å². The van der Waals surface area contributed by atoms with E-state index >= 15 is 0 Å². The van der Waals surface area contributed by atoms with Gasteiger partial charge in [0.1, 0.15) is 5.82 Å². The number of aromatic nitrogens is 2. The van der Waals surface area contributed by atoms with E-state index < -0.39 is 17.1 Å². The highest BCUT2D eigenvalue weighted by atomic mass is 32.2. The number of carbonyl (C=O) groups is 2. The summed E-state index contributed by atoms with van der Waals surface area (Å²) in [5.41, 5.74) is 11.1. The van der Waals surface area contributed by atoms with Gasteiger partial charge >= 0.3 is 0 Å². The third-order valence-corrected chi connectivity index (χ3v) is 3.99. The SMILES string of the molecule is Cc1cc(N2CCOCC2)nc(SC(C(N)=O)C(N)=O)n1. The molecular weight excluding hydrogens is 294 g/mol. The monoisotopic (exact) mass is 311 g/mol. The van der Waals surface area contributed by atoms with Crippen molar-refractivity contribution in [2.24, 2.45) is 11.5 Å². The minimum Gasteiger partial charge on any atom is -0.378 e. The Hall–Kier alpha value is -1.87. The second-order valence-corrected chi connectivity index (χ2v) is 5.62. The maximum atomic E-state index is 11.2. The van der Waals surface area contributed by atoms with Gasteiger partial charge < -0.3 is 21.1 Å². The third kappa shape index (κ3) is 4.05. The van der Waals surface area contributed by atoms with Crippen molar-refractivity contribution in [3.05, 3.63) is 11.8 Å². The molecule has 0 radical (unpaired) electrons. The number of aryl methyl sites for hydroxylation is 1. The minimum atomic E-state index is -1.18. The van der Waals surface area contributed by atoms with Crippen LogP contribution >= 0.6 is 11.8 Å². The van der Waals surface area contributed by atoms with Crippen LogP contribution in [0.15, 0.2) is 11.2 Å². The molecular formula is C12H17N5O3S. The summed E-state index contributed by atoms with van der Waals surface area (Å²) < 4.78 is 5.30. The zero-order valence-corrected chi connectivity index (χ0v) is 12.4. The fourth-order valence-electron chi connectivity index (χ4n) is 1.89. The zero-order chi connectivity index (χ0) is 15.4. The Morgan fingerprint density at radius 2 is 1.90 bits per heavy atom. The number of primary amides is 2. The summed E-state index contributed by atoms with van der Waals surface area (Å²) in [6.45, 7) is 4.55. The standard InChI is InChI=1S/C12H17N5O3S/c1-7-6-8(17-2-4-20-5-3-17)16-12(15-7)21-9(10(13)18)11(14)19/h6,9H,2-5H2,1H3,(H2,13,18)(H2,14,19). The lowest BCUT2D eigenvalue weighted by Crippen LogP contribution is -2.38. The molecule has 1 aromatic rings. The molecule has 8 nitrogen and oxygen atoms in total. The number of hydrogen-bond donors (Lipinski definition) is 2. The molecule has 0 bridgehead atoms. The molecule has 4 N–H and O–H groups in total. The molecule has 1 saturated heterocycles. The summed E-state index contributed by atoms with van der Waals surface area (Å²) >= 11 is 0.868. The molecule has 2 rings (SSSR count). The van der Waals surface area contributed by atoms with Crippen molar-refractivity contribution >= 4 is 29.4 Å². The number of rotatable bonds is 5. The lowest BCUT2D eigenvalue weighted by Gasteiger charge is -2.28. The van der Waals surface area contributed by atoms with Gasteiger partial charge in [-0.25, -0.2) is 9.97 Å². The van der Waals surface area contributed by atoms with Gasteiger partial charge in [-0.1, -0.05) is 11.8 Å². The Kier molecular flexibility index (Phi) is 4.97. The predicted molar refractivity (Wildman–Crippen MR) is 77.8 cm³/mol. The third-order valence-electron chi connectivity index (χ3n) is 2.90. The van der Waals surface area contributed by atoms with Crippen LogP contribution in [-0.4, -0.2) is 53.3 Å². The van der Waals surface area contributed by atoms with Gasteiger partial charge in [-0.05, 0) is 6.92 Å². The van der Waals surface area contributed by atoms with Gasteiger partial charge in [0.2, 0.25) is 11.8 Å². The van der Waals surface area contributed by atoms with Crippen LogP contribution < -0.4 is 16.4 Å². The van der Waals surface area contributed by atoms with Gasteiger partial charge in [0, 0.05) is 24.8 Å². The number of amides is 2. The quantitative estimate of drug-likeness (QED) is 0.408. The first-order chi connectivity index (χ1) is 9.97. The highest BCUT2D eigenvalue weighted by Gasteiger charge is 2.25. The number of anilines is 1. The second kappa shape index (κ2) is 6.72. The Balaban J connectivity index is 2.21. The Bertz CT molecular complexity index is 534. The number of thioether (sulfide) groups is 1. The first kappa shape index (κ1) is 15.5. The van der Waals surface area contributed by atoms with E-state index in [0.29, 0.717) is 18.4 Å². The van der Waals surface area contributed by atoms with Crippen LogP contribution in [-0.2, 0) is 14.3 Å². The van der Waals surface area contributed by atoms with Crippen molar-refractivity contribution in [2.45, 2.75) is 17.3 Å². The summed E-state index contributed by atoms with van der Waals surface area (Å²) in [5.74, 6) is -0.864. The number of nitrogens with two attached hydrogens (primary N) is 2. The number of carbonyl (C=O) groups excluding carboxylic acids is 2. The van der Waals surface area contributed by atoms with Gasteiger partial charge in [-0.2, -0.15) is 0 Å². The highest BCUT2D eigenvalue weighted by Crippen LogP contribution is 2.23. The van der Waals surface area contributed by atoms with E-state index in [1.54, 1.807) is 0 Å². The number of hydrogen-bond acceptors (Lipinski definition) is 7. The summed E-state index contributed by atoms with van der Waals surface area (Å²) in [5, 5.41) is -0.872. The largest absolute Gasteiger partial charge is 0.378 e. The van der Waals surface area contributed by atoms with E-state index in [1.807, 2.05) is 13.0 Å². The van der Waals surface area contributed by atoms with Crippen LogP contribution in [0, 0.1) is 6.92 Å². The number of nitrogens with zero attached hydrogens (tertiary/aromatic N) is 3. The van der Waals surface area contributed by atoms with Crippen molar-refractivity contribution in [2.75, 3.05) is 31.2 Å². The smallest absolute Gasteiger partial charge is 0.240 e. The fraction of sp³-hybridized carbons (Fsp3) is 0.500. The molecule has 0 aromatic carbocycles. The summed E-state index contributed by atoms with van der Waals surface area (Å²) in [6.07, 6.45) is 0. The van der Waals surface area contributed by atoms with E-state index in [0.717, 1.165) is 36.4 Å². The average Bonchev–Trinajstić information content (AvgIpc) is 2.44. The highest BCUT2D eigenvalue weighted by molar-refractivity contribution is 8.01. The zero-order valence-electron chi connectivity index (χ0n) is 11.6. The van der Waals surface area contributed by atoms with Gasteiger partial charge in [0.25, 0.3) is 0 Å². The van der Waals surface area contributed by atoms with Crippen molar-refractivity contribution in [1.82, 2.24) is 9.97 Å². The Morgan fingerprint density at radius 3 is 2.48 bits per heavy atom. The average molecular weight is 311 g/mol. The van der Waals surface area contributed by atoms with Gasteiger partial charge in [0.15, 0.2) is 10.4 Å². The second-order valence-electron chi connectivity index (χ2n) is 4.55. The van der Waals surface area contributed by atoms with E-state index in [2.05, 4.69) is 14.9 Å². The van der Waals surface area contributed by atoms with Crippen LogP contribution in [0.1, 0.15) is 5.69 Å². The number of ether oxygens (including phenoxy) is 1. The molecule has 1 aromatic heterocycles. The molecule has 114 valence electrons. The van der Waals surface area contributed by atoms with E-state index in [1.165, 1.54) is 0 Å². The molecule has 0 saturated carbocycles. The van der Waals surface area contributed by atoms with Crippen LogP contribution in [0.3, 0.4) is 0 Å². The van der Waals surface area contributed by atoms with Crippen LogP contribution in [0.4, 0.5) is 5.82 Å². The molecule has 0 aliphatic carbocycles. The maximum Gasteiger partial charge on any atom is 0.240 e. The molecule has 1 aliphatic heterocycles. The first-order valence-corrected chi connectivity index (χ1v) is 7.29. The number of morpholine rings is 1. The van der Waals surface area contributed by atoms with Crippen molar-refractivity contribution in [3.8, 4) is 0 Å². The maximum absolute atomic E-state index is 11.2. The van der Waals surface area contributed by atoms with Crippen LogP contribution in [0.25, 0.3) is 0 Å². The lowest BCUT2D eigenvalue weighted by atomic mass is 10.3. The van der Waals surface area contributed by atoms with Crippen molar-refractivity contribution in [3.63, 3.8) is 0 Å². The predicted octanol–water partition coefficient (Wildman–Crippen LogP) is -0.947. The van der Waals surface area contributed by atoms with Crippen molar-refractivity contribution in [1.29, 1.82) is 0 Å². The summed E-state index contributed by atoms with van der Waals surface area (Å²) in [7, 11) is 0. The molecule has 0 unspecified atom stereocenters. The van der Waals surface area contributed by atoms with E-state index in [-0.39, 0.29) is 0 Å². The lowest BCUT2D eigenvalue weighted by molar-refractivity contribution is -0.125. The molecule has 2 heterocycles. The molecule has 0 atom stereocenters. The van der Waals surface area contributed by atoms with Gasteiger partial charge in [-0.3, -0.25) is 9.59 Å². The molecule has 0 spiro atoms. The molecule has 1 aliphatic rings. The molecule has 9 heteroatoms. The van der Waals surface area contributed by atoms with Gasteiger partial charge in [-0.15, -0.1) is 0 Å².